The number of carbonyl (C=O) groups excluding carboxylic acids is 1. The van der Waals surface area contributed by atoms with Gasteiger partial charge in [0.25, 0.3) is 0 Å². The lowest BCUT2D eigenvalue weighted by atomic mass is 9.63. The molecule has 2 aliphatic rings. The topological polar surface area (TPSA) is 37.3 Å². The Bertz CT molecular complexity index is 293. The third kappa shape index (κ3) is 1.33. The minimum absolute atomic E-state index is 0.159. The van der Waals surface area contributed by atoms with Crippen LogP contribution in [0.2, 0.25) is 0 Å². The molecule has 0 amide bonds. The Hall–Kier alpha value is -0.630. The van der Waals surface area contributed by atoms with Gasteiger partial charge in [-0.3, -0.25) is 4.79 Å². The molecule has 0 aromatic rings. The van der Waals surface area contributed by atoms with E-state index in [1.54, 1.807) is 0 Å². The number of hydrogen-bond donors (Lipinski definition) is 1. The Morgan fingerprint density at radius 2 is 2.21 bits per heavy atom. The molecule has 0 radical (unpaired) electrons. The van der Waals surface area contributed by atoms with E-state index >= 15 is 0 Å². The highest BCUT2D eigenvalue weighted by Crippen LogP contribution is 2.52. The monoisotopic (exact) mass is 194 g/mol. The van der Waals surface area contributed by atoms with Crippen molar-refractivity contribution in [1.82, 2.24) is 0 Å². The third-order valence-corrected chi connectivity index (χ3v) is 4.18. The Labute approximate surface area is 85.0 Å². The van der Waals surface area contributed by atoms with Crippen molar-refractivity contribution in [3.8, 4) is 0 Å². The normalized spacial score (nSPS) is 42.2. The molecule has 0 bridgehead atoms. The van der Waals surface area contributed by atoms with Crippen LogP contribution in [0.3, 0.4) is 0 Å². The van der Waals surface area contributed by atoms with E-state index < -0.39 is 0 Å². The van der Waals surface area contributed by atoms with Crippen LogP contribution in [0.1, 0.15) is 33.1 Å². The van der Waals surface area contributed by atoms with Crippen molar-refractivity contribution in [2.24, 2.45) is 17.3 Å². The van der Waals surface area contributed by atoms with Crippen molar-refractivity contribution in [2.75, 3.05) is 6.61 Å². The highest BCUT2D eigenvalue weighted by Gasteiger charge is 2.46. The molecule has 3 unspecified atom stereocenters. The fourth-order valence-electron chi connectivity index (χ4n) is 3.02. The first-order chi connectivity index (χ1) is 6.56. The zero-order chi connectivity index (χ0) is 10.3. The van der Waals surface area contributed by atoms with Gasteiger partial charge in [-0.25, -0.2) is 0 Å². The standard InChI is InChI=1S/C12H18O2/c1-8-3-11(14)5-10-4-9(7-13)6-12(8,10)2/h6,8,10,13H,3-5,7H2,1-2H3. The molecule has 0 aliphatic heterocycles. The summed E-state index contributed by atoms with van der Waals surface area (Å²) in [5.74, 6) is 1.27. The van der Waals surface area contributed by atoms with Gasteiger partial charge in [0.1, 0.15) is 5.78 Å². The SMILES string of the molecule is CC1CC(=O)CC2CC(CO)=CC12C. The summed E-state index contributed by atoms with van der Waals surface area (Å²) in [6, 6.07) is 0. The second-order valence-corrected chi connectivity index (χ2v) is 5.08. The van der Waals surface area contributed by atoms with Crippen LogP contribution in [0.25, 0.3) is 0 Å². The molecular formula is C12H18O2. The number of aliphatic hydroxyl groups excluding tert-OH is 1. The molecule has 1 N–H and O–H groups in total. The molecular weight excluding hydrogens is 176 g/mol. The van der Waals surface area contributed by atoms with Crippen LogP contribution in [-0.2, 0) is 4.79 Å². The van der Waals surface area contributed by atoms with Gasteiger partial charge in [-0.05, 0) is 29.2 Å². The summed E-state index contributed by atoms with van der Waals surface area (Å²) >= 11 is 0. The fourth-order valence-corrected chi connectivity index (χ4v) is 3.02. The number of rotatable bonds is 1. The number of carbonyl (C=O) groups is 1. The van der Waals surface area contributed by atoms with E-state index in [0.29, 0.717) is 30.5 Å². The van der Waals surface area contributed by atoms with Gasteiger partial charge in [0.05, 0.1) is 6.61 Å². The highest BCUT2D eigenvalue weighted by atomic mass is 16.3. The largest absolute Gasteiger partial charge is 0.392 e. The van der Waals surface area contributed by atoms with Crippen molar-refractivity contribution in [2.45, 2.75) is 33.1 Å². The summed E-state index contributed by atoms with van der Waals surface area (Å²) in [7, 11) is 0. The van der Waals surface area contributed by atoms with Crippen LogP contribution in [-0.4, -0.2) is 17.5 Å². The number of Topliss-reactive ketones (excluding diaryl/α,β-unsaturated/α-hetero) is 1. The summed E-state index contributed by atoms with van der Waals surface area (Å²) in [4.78, 5) is 11.5. The van der Waals surface area contributed by atoms with Crippen LogP contribution < -0.4 is 0 Å². The van der Waals surface area contributed by atoms with Crippen LogP contribution in [0, 0.1) is 17.3 Å². The molecule has 1 saturated carbocycles. The van der Waals surface area contributed by atoms with E-state index in [4.69, 9.17) is 5.11 Å². The molecule has 14 heavy (non-hydrogen) atoms. The average Bonchev–Trinajstić information content (AvgIpc) is 2.44. The summed E-state index contributed by atoms with van der Waals surface area (Å²) in [5, 5.41) is 9.13. The van der Waals surface area contributed by atoms with Crippen molar-refractivity contribution < 1.29 is 9.90 Å². The number of ketones is 1. The minimum atomic E-state index is 0.159. The maximum absolute atomic E-state index is 11.5. The number of hydrogen-bond acceptors (Lipinski definition) is 2. The molecule has 2 rings (SSSR count). The molecule has 2 heteroatoms. The number of fused-ring (bicyclic) bond motifs is 1. The Kier molecular flexibility index (Phi) is 2.26. The lowest BCUT2D eigenvalue weighted by Crippen LogP contribution is -2.37. The zero-order valence-corrected chi connectivity index (χ0v) is 8.92. The quantitative estimate of drug-likeness (QED) is 0.648. The zero-order valence-electron chi connectivity index (χ0n) is 8.92. The summed E-state index contributed by atoms with van der Waals surface area (Å²) in [6.07, 6.45) is 4.56. The van der Waals surface area contributed by atoms with Gasteiger partial charge in [-0.1, -0.05) is 19.9 Å². The van der Waals surface area contributed by atoms with Crippen LogP contribution >= 0.6 is 0 Å². The predicted molar refractivity (Wildman–Crippen MR) is 54.8 cm³/mol. The first-order valence-corrected chi connectivity index (χ1v) is 5.39. The summed E-state index contributed by atoms with van der Waals surface area (Å²) in [5.41, 5.74) is 1.28. The van der Waals surface area contributed by atoms with E-state index in [0.717, 1.165) is 12.0 Å². The van der Waals surface area contributed by atoms with Gasteiger partial charge >= 0.3 is 0 Å². The molecule has 0 saturated heterocycles. The molecule has 2 nitrogen and oxygen atoms in total. The second-order valence-electron chi connectivity index (χ2n) is 5.08. The Balaban J connectivity index is 2.27. The first kappa shape index (κ1) is 9.91. The minimum Gasteiger partial charge on any atom is -0.392 e. The summed E-state index contributed by atoms with van der Waals surface area (Å²) in [6.45, 7) is 4.55. The van der Waals surface area contributed by atoms with E-state index in [-0.39, 0.29) is 12.0 Å². The first-order valence-electron chi connectivity index (χ1n) is 5.39. The van der Waals surface area contributed by atoms with E-state index in [2.05, 4.69) is 19.9 Å². The van der Waals surface area contributed by atoms with Crippen LogP contribution in [0.4, 0.5) is 0 Å². The number of allylic oxidation sites excluding steroid dienone is 1. The molecule has 0 spiro atoms. The molecule has 2 aliphatic carbocycles. The molecule has 78 valence electrons. The smallest absolute Gasteiger partial charge is 0.133 e. The van der Waals surface area contributed by atoms with E-state index in [1.807, 2.05) is 0 Å². The molecule has 3 atom stereocenters. The maximum Gasteiger partial charge on any atom is 0.133 e. The molecule has 1 fully saturated rings. The van der Waals surface area contributed by atoms with Crippen molar-refractivity contribution in [3.63, 3.8) is 0 Å². The van der Waals surface area contributed by atoms with Gasteiger partial charge in [-0.2, -0.15) is 0 Å². The third-order valence-electron chi connectivity index (χ3n) is 4.18. The molecule has 0 aromatic heterocycles. The van der Waals surface area contributed by atoms with Gasteiger partial charge in [0, 0.05) is 12.8 Å². The highest BCUT2D eigenvalue weighted by molar-refractivity contribution is 5.80. The fraction of sp³-hybridized carbons (Fsp3) is 0.750. The molecule has 0 heterocycles. The second kappa shape index (κ2) is 3.20. The van der Waals surface area contributed by atoms with Crippen LogP contribution in [0.15, 0.2) is 11.6 Å². The van der Waals surface area contributed by atoms with E-state index in [9.17, 15) is 4.79 Å². The summed E-state index contributed by atoms with van der Waals surface area (Å²) < 4.78 is 0. The van der Waals surface area contributed by atoms with Crippen LogP contribution in [0.5, 0.6) is 0 Å². The van der Waals surface area contributed by atoms with E-state index in [1.165, 1.54) is 0 Å². The van der Waals surface area contributed by atoms with Crippen molar-refractivity contribution in [1.29, 1.82) is 0 Å². The average molecular weight is 194 g/mol. The molecule has 0 aromatic carbocycles. The lowest BCUT2D eigenvalue weighted by molar-refractivity contribution is -0.125. The van der Waals surface area contributed by atoms with Crippen molar-refractivity contribution >= 4 is 5.78 Å². The van der Waals surface area contributed by atoms with Gasteiger partial charge in [0.15, 0.2) is 0 Å². The van der Waals surface area contributed by atoms with Gasteiger partial charge in [-0.15, -0.1) is 0 Å². The number of aliphatic hydroxyl groups is 1. The maximum atomic E-state index is 11.5. The Morgan fingerprint density at radius 1 is 1.50 bits per heavy atom. The Morgan fingerprint density at radius 3 is 2.86 bits per heavy atom. The van der Waals surface area contributed by atoms with Gasteiger partial charge in [0.2, 0.25) is 0 Å². The van der Waals surface area contributed by atoms with Gasteiger partial charge < -0.3 is 5.11 Å². The van der Waals surface area contributed by atoms with Crippen molar-refractivity contribution in [3.05, 3.63) is 11.6 Å². The predicted octanol–water partition coefficient (Wildman–Crippen LogP) is 1.93. The lowest BCUT2D eigenvalue weighted by Gasteiger charge is -2.40.